The van der Waals surface area contributed by atoms with Crippen LogP contribution in [0.2, 0.25) is 0 Å². The number of nitrogens with zero attached hydrogens (tertiary/aromatic N) is 1. The zero-order chi connectivity index (χ0) is 11.4. The van der Waals surface area contributed by atoms with E-state index in [0.717, 1.165) is 32.1 Å². The molecule has 1 aromatic rings. The molecule has 2 heteroatoms. The Labute approximate surface area is 98.7 Å². The molecule has 0 radical (unpaired) electrons. The van der Waals surface area contributed by atoms with Crippen LogP contribution in [0.1, 0.15) is 19.4 Å². The van der Waals surface area contributed by atoms with Crippen molar-refractivity contribution >= 4 is 0 Å². The summed E-state index contributed by atoms with van der Waals surface area (Å²) in [6, 6.07) is 11.5. The zero-order valence-electron chi connectivity index (χ0n) is 10.3. The number of piperazine rings is 1. The van der Waals surface area contributed by atoms with E-state index < -0.39 is 0 Å². The first-order valence-corrected chi connectivity index (χ1v) is 6.26. The van der Waals surface area contributed by atoms with Gasteiger partial charge < -0.3 is 5.32 Å². The summed E-state index contributed by atoms with van der Waals surface area (Å²) >= 11 is 0. The van der Waals surface area contributed by atoms with Gasteiger partial charge in [0, 0.05) is 32.2 Å². The molecule has 0 aromatic heterocycles. The highest BCUT2D eigenvalue weighted by molar-refractivity contribution is 5.14. The SMILES string of the molecule is CC(C)[C@@H]1CNCCN1Cc1ccccc1. The van der Waals surface area contributed by atoms with Gasteiger partial charge in [-0.05, 0) is 11.5 Å². The summed E-state index contributed by atoms with van der Waals surface area (Å²) in [5.74, 6) is 0.719. The van der Waals surface area contributed by atoms with Crippen LogP contribution in [0.5, 0.6) is 0 Å². The fourth-order valence-electron chi connectivity index (χ4n) is 2.44. The van der Waals surface area contributed by atoms with Crippen molar-refractivity contribution in [1.82, 2.24) is 10.2 Å². The standard InChI is InChI=1S/C14H22N2/c1-12(2)14-10-15-8-9-16(14)11-13-6-4-3-5-7-13/h3-7,12,14-15H,8-11H2,1-2H3/t14-/m0/s1. The van der Waals surface area contributed by atoms with Gasteiger partial charge in [-0.3, -0.25) is 4.90 Å². The van der Waals surface area contributed by atoms with E-state index >= 15 is 0 Å². The molecule has 88 valence electrons. The van der Waals surface area contributed by atoms with Crippen LogP contribution in [0.3, 0.4) is 0 Å². The van der Waals surface area contributed by atoms with E-state index in [2.05, 4.69) is 54.4 Å². The third-order valence-electron chi connectivity index (χ3n) is 3.40. The van der Waals surface area contributed by atoms with Gasteiger partial charge in [0.2, 0.25) is 0 Å². The Morgan fingerprint density at radius 1 is 1.31 bits per heavy atom. The topological polar surface area (TPSA) is 15.3 Å². The maximum Gasteiger partial charge on any atom is 0.0247 e. The average molecular weight is 218 g/mol. The molecular weight excluding hydrogens is 196 g/mol. The highest BCUT2D eigenvalue weighted by atomic mass is 15.2. The molecule has 2 nitrogen and oxygen atoms in total. The van der Waals surface area contributed by atoms with Crippen molar-refractivity contribution in [2.75, 3.05) is 19.6 Å². The maximum atomic E-state index is 3.49. The Morgan fingerprint density at radius 3 is 2.75 bits per heavy atom. The minimum Gasteiger partial charge on any atom is -0.314 e. The minimum atomic E-state index is 0.675. The lowest BCUT2D eigenvalue weighted by Crippen LogP contribution is -2.52. The van der Waals surface area contributed by atoms with Crippen LogP contribution in [-0.2, 0) is 6.54 Å². The zero-order valence-corrected chi connectivity index (χ0v) is 10.3. The van der Waals surface area contributed by atoms with E-state index in [1.165, 1.54) is 5.56 Å². The normalized spacial score (nSPS) is 22.6. The molecule has 1 saturated heterocycles. The molecule has 1 heterocycles. The van der Waals surface area contributed by atoms with Crippen molar-refractivity contribution < 1.29 is 0 Å². The second kappa shape index (κ2) is 5.46. The fraction of sp³-hybridized carbons (Fsp3) is 0.571. The molecule has 1 atom stereocenters. The molecule has 0 unspecified atom stereocenters. The molecule has 0 aliphatic carbocycles. The lowest BCUT2D eigenvalue weighted by Gasteiger charge is -2.38. The van der Waals surface area contributed by atoms with Gasteiger partial charge in [0.05, 0.1) is 0 Å². The highest BCUT2D eigenvalue weighted by Gasteiger charge is 2.24. The van der Waals surface area contributed by atoms with Crippen LogP contribution in [0.25, 0.3) is 0 Å². The number of rotatable bonds is 3. The van der Waals surface area contributed by atoms with E-state index in [9.17, 15) is 0 Å². The van der Waals surface area contributed by atoms with Crippen molar-refractivity contribution in [3.05, 3.63) is 35.9 Å². The van der Waals surface area contributed by atoms with Gasteiger partial charge in [0.15, 0.2) is 0 Å². The van der Waals surface area contributed by atoms with Crippen LogP contribution in [-0.4, -0.2) is 30.6 Å². The number of benzene rings is 1. The number of hydrogen-bond acceptors (Lipinski definition) is 2. The molecule has 0 amide bonds. The smallest absolute Gasteiger partial charge is 0.0247 e. The van der Waals surface area contributed by atoms with E-state index in [4.69, 9.17) is 0 Å². The molecule has 0 bridgehead atoms. The second-order valence-electron chi connectivity index (χ2n) is 4.97. The quantitative estimate of drug-likeness (QED) is 0.836. The number of nitrogens with one attached hydrogen (secondary N) is 1. The summed E-state index contributed by atoms with van der Waals surface area (Å²) in [5, 5.41) is 3.49. The molecule has 2 rings (SSSR count). The van der Waals surface area contributed by atoms with Gasteiger partial charge in [-0.2, -0.15) is 0 Å². The van der Waals surface area contributed by atoms with Gasteiger partial charge in [-0.25, -0.2) is 0 Å². The van der Waals surface area contributed by atoms with Crippen molar-refractivity contribution in [2.45, 2.75) is 26.4 Å². The lowest BCUT2D eigenvalue weighted by molar-refractivity contribution is 0.117. The van der Waals surface area contributed by atoms with Gasteiger partial charge in [0.25, 0.3) is 0 Å². The molecule has 1 aromatic carbocycles. The van der Waals surface area contributed by atoms with Crippen LogP contribution >= 0.6 is 0 Å². The Bertz CT molecular complexity index is 308. The summed E-state index contributed by atoms with van der Waals surface area (Å²) < 4.78 is 0. The summed E-state index contributed by atoms with van der Waals surface area (Å²) in [5.41, 5.74) is 1.43. The monoisotopic (exact) mass is 218 g/mol. The van der Waals surface area contributed by atoms with Gasteiger partial charge in [-0.1, -0.05) is 44.2 Å². The first-order valence-electron chi connectivity index (χ1n) is 6.26. The highest BCUT2D eigenvalue weighted by Crippen LogP contribution is 2.16. The van der Waals surface area contributed by atoms with Crippen molar-refractivity contribution in [1.29, 1.82) is 0 Å². The van der Waals surface area contributed by atoms with Gasteiger partial charge >= 0.3 is 0 Å². The van der Waals surface area contributed by atoms with E-state index in [1.54, 1.807) is 0 Å². The van der Waals surface area contributed by atoms with Crippen LogP contribution in [0, 0.1) is 5.92 Å². The summed E-state index contributed by atoms with van der Waals surface area (Å²) in [6.07, 6.45) is 0. The summed E-state index contributed by atoms with van der Waals surface area (Å²) in [4.78, 5) is 2.61. The van der Waals surface area contributed by atoms with Crippen LogP contribution < -0.4 is 5.32 Å². The van der Waals surface area contributed by atoms with Gasteiger partial charge in [-0.15, -0.1) is 0 Å². The molecule has 0 spiro atoms. The maximum absolute atomic E-state index is 3.49. The molecule has 16 heavy (non-hydrogen) atoms. The molecular formula is C14H22N2. The Kier molecular flexibility index (Phi) is 3.97. The van der Waals surface area contributed by atoms with Crippen molar-refractivity contribution in [3.63, 3.8) is 0 Å². The first-order chi connectivity index (χ1) is 7.77. The average Bonchev–Trinajstić information content (AvgIpc) is 2.31. The minimum absolute atomic E-state index is 0.675. The number of hydrogen-bond donors (Lipinski definition) is 1. The first kappa shape index (κ1) is 11.6. The molecule has 1 aliphatic rings. The Morgan fingerprint density at radius 2 is 2.06 bits per heavy atom. The summed E-state index contributed by atoms with van der Waals surface area (Å²) in [6.45, 7) is 9.13. The molecule has 1 fully saturated rings. The van der Waals surface area contributed by atoms with E-state index in [1.807, 2.05) is 0 Å². The second-order valence-corrected chi connectivity index (χ2v) is 4.97. The lowest BCUT2D eigenvalue weighted by atomic mass is 10.00. The molecule has 1 aliphatic heterocycles. The fourth-order valence-corrected chi connectivity index (χ4v) is 2.44. The largest absolute Gasteiger partial charge is 0.314 e. The van der Waals surface area contributed by atoms with Crippen LogP contribution in [0.4, 0.5) is 0 Å². The predicted octanol–water partition coefficient (Wildman–Crippen LogP) is 2.12. The van der Waals surface area contributed by atoms with E-state index in [-0.39, 0.29) is 0 Å². The van der Waals surface area contributed by atoms with Crippen LogP contribution in [0.15, 0.2) is 30.3 Å². The Balaban J connectivity index is 2.01. The third kappa shape index (κ3) is 2.83. The molecule has 1 N–H and O–H groups in total. The Hall–Kier alpha value is -0.860. The molecule has 0 saturated carbocycles. The third-order valence-corrected chi connectivity index (χ3v) is 3.40. The summed E-state index contributed by atoms with van der Waals surface area (Å²) in [7, 11) is 0. The van der Waals surface area contributed by atoms with E-state index in [0.29, 0.717) is 6.04 Å². The van der Waals surface area contributed by atoms with Gasteiger partial charge in [0.1, 0.15) is 0 Å². The predicted molar refractivity (Wildman–Crippen MR) is 68.3 cm³/mol. The van der Waals surface area contributed by atoms with Crippen molar-refractivity contribution in [3.8, 4) is 0 Å². The van der Waals surface area contributed by atoms with Crippen molar-refractivity contribution in [2.24, 2.45) is 5.92 Å².